The number of aliphatic hydroxyl groups excluding tert-OH is 1. The van der Waals surface area contributed by atoms with Gasteiger partial charge in [-0.05, 0) is 24.0 Å². The number of nitrogens with zero attached hydrogens (tertiary/aromatic N) is 3. The van der Waals surface area contributed by atoms with Crippen LogP contribution in [0.25, 0.3) is 0 Å². The highest BCUT2D eigenvalue weighted by Gasteiger charge is 2.15. The van der Waals surface area contributed by atoms with Gasteiger partial charge in [-0.1, -0.05) is 30.7 Å². The molecule has 2 aromatic rings. The summed E-state index contributed by atoms with van der Waals surface area (Å²) in [6.07, 6.45) is 4.44. The van der Waals surface area contributed by atoms with Gasteiger partial charge in [-0.15, -0.1) is 10.2 Å². The number of carbonyl (C=O) groups is 1. The van der Waals surface area contributed by atoms with Gasteiger partial charge in [-0.25, -0.2) is 4.79 Å². The summed E-state index contributed by atoms with van der Waals surface area (Å²) in [5, 5.41) is 23.4. The molecule has 24 heavy (non-hydrogen) atoms. The minimum Gasteiger partial charge on any atom is -0.392 e. The third-order valence-corrected chi connectivity index (χ3v) is 4.32. The third kappa shape index (κ3) is 3.91. The van der Waals surface area contributed by atoms with Crippen LogP contribution in [-0.2, 0) is 32.7 Å². The molecule has 3 N–H and O–H groups in total. The largest absolute Gasteiger partial charge is 0.392 e. The Kier molecular flexibility index (Phi) is 5.43. The van der Waals surface area contributed by atoms with Crippen LogP contribution in [0.4, 0.5) is 4.79 Å². The van der Waals surface area contributed by atoms with Crippen molar-refractivity contribution in [3.63, 3.8) is 0 Å². The summed E-state index contributed by atoms with van der Waals surface area (Å²) in [4.78, 5) is 12.0. The van der Waals surface area contributed by atoms with E-state index in [2.05, 4.69) is 25.4 Å². The van der Waals surface area contributed by atoms with Crippen molar-refractivity contribution in [1.82, 2.24) is 25.4 Å². The molecule has 1 aromatic heterocycles. The van der Waals surface area contributed by atoms with Crippen molar-refractivity contribution in [2.45, 2.75) is 51.9 Å². The molecule has 128 valence electrons. The lowest BCUT2D eigenvalue weighted by Crippen LogP contribution is -2.35. The number of carbonyl (C=O) groups excluding carboxylic acids is 1. The predicted molar refractivity (Wildman–Crippen MR) is 89.0 cm³/mol. The molecule has 1 aliphatic rings. The number of hydrogen-bond acceptors (Lipinski definition) is 4. The molecule has 2 amide bonds. The lowest BCUT2D eigenvalue weighted by atomic mass is 10.1. The Morgan fingerprint density at radius 2 is 1.88 bits per heavy atom. The average molecular weight is 329 g/mol. The summed E-state index contributed by atoms with van der Waals surface area (Å²) >= 11 is 0. The van der Waals surface area contributed by atoms with E-state index in [9.17, 15) is 9.90 Å². The smallest absolute Gasteiger partial charge is 0.315 e. The number of nitrogens with one attached hydrogen (secondary N) is 2. The second kappa shape index (κ2) is 7.92. The summed E-state index contributed by atoms with van der Waals surface area (Å²) in [5.41, 5.74) is 1.73. The Balaban J connectivity index is 1.52. The Morgan fingerprint density at radius 3 is 2.71 bits per heavy atom. The van der Waals surface area contributed by atoms with Crippen molar-refractivity contribution in [3.8, 4) is 0 Å². The predicted octanol–water partition coefficient (Wildman–Crippen LogP) is 1.50. The van der Waals surface area contributed by atoms with Gasteiger partial charge < -0.3 is 20.3 Å². The number of urea groups is 1. The summed E-state index contributed by atoms with van der Waals surface area (Å²) in [5.74, 6) is 1.82. The zero-order valence-corrected chi connectivity index (χ0v) is 13.7. The van der Waals surface area contributed by atoms with E-state index < -0.39 is 0 Å². The van der Waals surface area contributed by atoms with Crippen LogP contribution in [0.3, 0.4) is 0 Å². The number of rotatable bonds is 5. The van der Waals surface area contributed by atoms with Gasteiger partial charge in [0.2, 0.25) is 0 Å². The maximum atomic E-state index is 12.0. The van der Waals surface area contributed by atoms with E-state index >= 15 is 0 Å². The Labute approximate surface area is 141 Å². The Morgan fingerprint density at radius 1 is 1.08 bits per heavy atom. The van der Waals surface area contributed by atoms with Crippen LogP contribution in [-0.4, -0.2) is 25.9 Å². The standard InChI is InChI=1S/C17H23N5O2/c23-12-14-7-4-3-6-13(14)10-18-17(24)19-11-16-21-20-15-8-2-1-5-9-22(15)16/h3-4,6-7,23H,1-2,5,8-12H2,(H2,18,19,24). The minimum atomic E-state index is -0.256. The second-order valence-corrected chi connectivity index (χ2v) is 5.96. The fourth-order valence-corrected chi connectivity index (χ4v) is 2.96. The monoisotopic (exact) mass is 329 g/mol. The van der Waals surface area contributed by atoms with Gasteiger partial charge in [0.05, 0.1) is 13.2 Å². The van der Waals surface area contributed by atoms with E-state index in [1.54, 1.807) is 0 Å². The fourth-order valence-electron chi connectivity index (χ4n) is 2.96. The molecule has 0 saturated carbocycles. The quantitative estimate of drug-likeness (QED) is 0.775. The van der Waals surface area contributed by atoms with Crippen LogP contribution in [0, 0.1) is 0 Å². The lowest BCUT2D eigenvalue weighted by Gasteiger charge is -2.11. The third-order valence-electron chi connectivity index (χ3n) is 4.32. The highest BCUT2D eigenvalue weighted by atomic mass is 16.3. The van der Waals surface area contributed by atoms with E-state index in [1.165, 1.54) is 6.42 Å². The van der Waals surface area contributed by atoms with Gasteiger partial charge in [0, 0.05) is 19.5 Å². The molecule has 1 aliphatic heterocycles. The maximum absolute atomic E-state index is 12.0. The highest BCUT2D eigenvalue weighted by molar-refractivity contribution is 5.73. The molecular formula is C17H23N5O2. The van der Waals surface area contributed by atoms with Crippen molar-refractivity contribution in [2.75, 3.05) is 0 Å². The molecule has 0 fully saturated rings. The summed E-state index contributed by atoms with van der Waals surface area (Å²) in [6.45, 7) is 1.62. The van der Waals surface area contributed by atoms with Crippen molar-refractivity contribution in [3.05, 3.63) is 47.0 Å². The van der Waals surface area contributed by atoms with E-state index in [-0.39, 0.29) is 12.6 Å². The number of benzene rings is 1. The first-order valence-corrected chi connectivity index (χ1v) is 8.38. The molecule has 1 aromatic carbocycles. The van der Waals surface area contributed by atoms with E-state index in [1.807, 2.05) is 24.3 Å². The van der Waals surface area contributed by atoms with Crippen molar-refractivity contribution >= 4 is 6.03 Å². The fraction of sp³-hybridized carbons (Fsp3) is 0.471. The molecule has 0 unspecified atom stereocenters. The van der Waals surface area contributed by atoms with E-state index in [0.717, 1.165) is 48.6 Å². The van der Waals surface area contributed by atoms with Crippen LogP contribution >= 0.6 is 0 Å². The first-order valence-electron chi connectivity index (χ1n) is 8.38. The molecule has 3 rings (SSSR count). The molecule has 0 saturated heterocycles. The van der Waals surface area contributed by atoms with Crippen molar-refractivity contribution < 1.29 is 9.90 Å². The highest BCUT2D eigenvalue weighted by Crippen LogP contribution is 2.14. The van der Waals surface area contributed by atoms with Crippen LogP contribution in [0.2, 0.25) is 0 Å². The molecule has 2 heterocycles. The van der Waals surface area contributed by atoms with Gasteiger partial charge in [0.1, 0.15) is 5.82 Å². The average Bonchev–Trinajstić information content (AvgIpc) is 2.84. The van der Waals surface area contributed by atoms with Crippen LogP contribution in [0.15, 0.2) is 24.3 Å². The zero-order valence-electron chi connectivity index (χ0n) is 13.7. The molecular weight excluding hydrogens is 306 g/mol. The molecule has 0 aliphatic carbocycles. The molecule has 7 nitrogen and oxygen atoms in total. The second-order valence-electron chi connectivity index (χ2n) is 5.96. The van der Waals surface area contributed by atoms with Crippen molar-refractivity contribution in [2.24, 2.45) is 0 Å². The first-order chi connectivity index (χ1) is 11.8. The molecule has 7 heteroatoms. The molecule has 0 bridgehead atoms. The number of fused-ring (bicyclic) bond motifs is 1. The first kappa shape index (κ1) is 16.4. The molecule has 0 radical (unpaired) electrons. The number of aliphatic hydroxyl groups is 1. The van der Waals surface area contributed by atoms with Crippen LogP contribution < -0.4 is 10.6 Å². The topological polar surface area (TPSA) is 92.1 Å². The summed E-state index contributed by atoms with van der Waals surface area (Å²) < 4.78 is 2.12. The van der Waals surface area contributed by atoms with Gasteiger partial charge in [-0.2, -0.15) is 0 Å². The lowest BCUT2D eigenvalue weighted by molar-refractivity contribution is 0.239. The van der Waals surface area contributed by atoms with Gasteiger partial charge >= 0.3 is 6.03 Å². The zero-order chi connectivity index (χ0) is 16.8. The Bertz CT molecular complexity index is 698. The van der Waals surface area contributed by atoms with E-state index in [4.69, 9.17) is 0 Å². The van der Waals surface area contributed by atoms with Gasteiger partial charge in [0.15, 0.2) is 5.82 Å². The number of aromatic nitrogens is 3. The maximum Gasteiger partial charge on any atom is 0.315 e. The van der Waals surface area contributed by atoms with Crippen LogP contribution in [0.5, 0.6) is 0 Å². The number of aryl methyl sites for hydroxylation is 1. The van der Waals surface area contributed by atoms with Crippen LogP contribution in [0.1, 0.15) is 42.0 Å². The Hall–Kier alpha value is -2.41. The molecule has 0 atom stereocenters. The normalized spacial score (nSPS) is 13.9. The SMILES string of the molecule is O=C(NCc1ccccc1CO)NCc1nnc2n1CCCCC2. The number of hydrogen-bond donors (Lipinski definition) is 3. The number of amides is 2. The molecule has 0 spiro atoms. The minimum absolute atomic E-state index is 0.0364. The summed E-state index contributed by atoms with van der Waals surface area (Å²) in [7, 11) is 0. The van der Waals surface area contributed by atoms with Gasteiger partial charge in [0.25, 0.3) is 0 Å². The van der Waals surface area contributed by atoms with Gasteiger partial charge in [-0.3, -0.25) is 0 Å². The van der Waals surface area contributed by atoms with E-state index in [0.29, 0.717) is 13.1 Å². The summed E-state index contributed by atoms with van der Waals surface area (Å²) in [6, 6.07) is 7.24. The van der Waals surface area contributed by atoms with Crippen molar-refractivity contribution in [1.29, 1.82) is 0 Å².